The van der Waals surface area contributed by atoms with Gasteiger partial charge in [-0.1, -0.05) is 59.6 Å². The summed E-state index contributed by atoms with van der Waals surface area (Å²) in [6, 6.07) is 16.9. The van der Waals surface area contributed by atoms with Crippen molar-refractivity contribution >= 4 is 140 Å². The van der Waals surface area contributed by atoms with Crippen molar-refractivity contribution in [3.05, 3.63) is 130 Å². The number of nitrogens with zero attached hydrogens (tertiary/aromatic N) is 12. The fraction of sp³-hybridized carbons (Fsp3) is 0.417. The molecule has 2 N–H and O–H groups in total. The van der Waals surface area contributed by atoms with E-state index in [9.17, 15) is 28.8 Å². The minimum atomic E-state index is -1.12. The van der Waals surface area contributed by atoms with E-state index in [2.05, 4.69) is 91.5 Å². The molecule has 0 saturated carbocycles. The lowest BCUT2D eigenvalue weighted by atomic mass is 10.0. The average Bonchev–Trinajstić information content (AvgIpc) is 0.801. The number of allylic oxidation sites excluding steroid dienone is 2. The van der Waals surface area contributed by atoms with E-state index in [1.807, 2.05) is 30.3 Å². The van der Waals surface area contributed by atoms with Crippen LogP contribution >= 0.6 is 46.4 Å². The molecule has 0 atom stereocenters. The molecule has 4 aromatic carbocycles. The normalized spacial score (nSPS) is 13.4. The molecule has 548 valence electrons. The number of aromatic nitrogens is 4. The zero-order valence-electron chi connectivity index (χ0n) is 60.5. The van der Waals surface area contributed by atoms with Crippen LogP contribution in [0.25, 0.3) is 0 Å². The molecule has 2 aliphatic heterocycles. The molecule has 2 aromatic heterocycles. The number of nitrogens with one attached hydrogen (secondary N) is 2. The fourth-order valence-electron chi connectivity index (χ4n) is 11.2. The lowest BCUT2D eigenvalue weighted by Crippen LogP contribution is -2.48. The number of methoxy groups -OCH3 is 4. The van der Waals surface area contributed by atoms with Gasteiger partial charge in [0.05, 0.1) is 39.8 Å². The van der Waals surface area contributed by atoms with Gasteiger partial charge in [0.25, 0.3) is 0 Å². The van der Waals surface area contributed by atoms with Crippen molar-refractivity contribution in [3.63, 3.8) is 0 Å². The minimum Gasteiger partial charge on any atom is -0.495 e. The number of ketones is 2. The predicted octanol–water partition coefficient (Wildman–Crippen LogP) is 14.7. The molecule has 6 amide bonds. The molecular formula is C72H90Cl4N14O12. The Labute approximate surface area is 616 Å². The monoisotopic (exact) mass is 1480 g/mol. The van der Waals surface area contributed by atoms with Crippen LogP contribution < -0.4 is 59.0 Å². The first kappa shape index (κ1) is 80.1. The third-order valence-corrected chi connectivity index (χ3v) is 18.2. The zero-order valence-corrected chi connectivity index (χ0v) is 63.5. The number of hydrogen-bond acceptors (Lipinski definition) is 21. The van der Waals surface area contributed by atoms with Crippen LogP contribution in [0, 0.1) is 0 Å². The highest BCUT2D eigenvalue weighted by atomic mass is 35.5. The summed E-state index contributed by atoms with van der Waals surface area (Å²) in [6.45, 7) is 20.8. The summed E-state index contributed by atoms with van der Waals surface area (Å²) in [7, 11) is 16.9. The number of carbonyl (C=O) groups is 6. The van der Waals surface area contributed by atoms with Crippen LogP contribution in [0.2, 0.25) is 20.1 Å². The van der Waals surface area contributed by atoms with E-state index in [1.54, 1.807) is 60.7 Å². The molecule has 0 spiro atoms. The standard InChI is InChI=1S/C41H53Cl2N7O8.C31H37Cl2N7O4/c1-13-28(51)21-25-20-27(48-18-16-26(17-19-48)46(8)9)14-15-29(25)49(38(53)57-40(2,3)4)33-23-32(44-24-45-33)47(10)37(52)50(39(54)58-41(5,6)7)36-34(42)30(55-11)22-31(56-12)35(36)43;1-7-22(41)15-19-14-21(40-12-10-20(11-13-40)38(2)3)8-9-23(19)36-26-17-27(35-18-34-26)39(4)31(42)37-30-28(32)24(43-5)16-25(44-6)29(30)33/h13-15,20,22-24,26H,1,16-19,21H2,2-12H3;7-9,14,16-18,20H,1,10-13,15H2,2-6H3,(H,37,42)(H,34,35,36). The van der Waals surface area contributed by atoms with Gasteiger partial charge in [-0.15, -0.1) is 0 Å². The van der Waals surface area contributed by atoms with Gasteiger partial charge in [0.2, 0.25) is 0 Å². The maximum absolute atomic E-state index is 14.5. The van der Waals surface area contributed by atoms with Gasteiger partial charge in [0.1, 0.15) is 95.9 Å². The largest absolute Gasteiger partial charge is 0.495 e. The maximum Gasteiger partial charge on any atom is 0.423 e. The van der Waals surface area contributed by atoms with E-state index in [1.165, 1.54) is 82.0 Å². The number of halogens is 4. The lowest BCUT2D eigenvalue weighted by Gasteiger charge is -2.37. The Bertz CT molecular complexity index is 4000. The van der Waals surface area contributed by atoms with Crippen molar-refractivity contribution in [2.24, 2.45) is 0 Å². The second kappa shape index (κ2) is 35.1. The van der Waals surface area contributed by atoms with Crippen molar-refractivity contribution in [1.82, 2.24) is 29.7 Å². The molecule has 102 heavy (non-hydrogen) atoms. The van der Waals surface area contributed by atoms with Gasteiger partial charge in [-0.05, 0) is 155 Å². The number of benzene rings is 4. The quantitative estimate of drug-likeness (QED) is 0.0599. The van der Waals surface area contributed by atoms with Gasteiger partial charge < -0.3 is 58.7 Å². The molecule has 2 aliphatic rings. The number of urea groups is 2. The summed E-state index contributed by atoms with van der Waals surface area (Å²) in [5.74, 6) is 1.01. The third-order valence-electron chi connectivity index (χ3n) is 16.7. The Morgan fingerprint density at radius 3 is 1.45 bits per heavy atom. The molecule has 0 aliphatic carbocycles. The minimum absolute atomic E-state index is 0.00585. The maximum atomic E-state index is 14.5. The predicted molar refractivity (Wildman–Crippen MR) is 403 cm³/mol. The highest BCUT2D eigenvalue weighted by Crippen LogP contribution is 2.48. The molecule has 0 unspecified atom stereocenters. The lowest BCUT2D eigenvalue weighted by molar-refractivity contribution is -0.114. The second-order valence-electron chi connectivity index (χ2n) is 26.3. The number of hydrogen-bond donors (Lipinski definition) is 2. The molecule has 8 rings (SSSR count). The Balaban J connectivity index is 0.000000297. The molecular weight excluding hydrogens is 1390 g/mol. The van der Waals surface area contributed by atoms with Crippen LogP contribution in [0.15, 0.2) is 98.6 Å². The zero-order chi connectivity index (χ0) is 75.2. The van der Waals surface area contributed by atoms with Crippen LogP contribution in [0.4, 0.5) is 76.6 Å². The van der Waals surface area contributed by atoms with Crippen molar-refractivity contribution < 1.29 is 57.2 Å². The number of rotatable bonds is 22. The number of carbonyl (C=O) groups excluding carboxylic acids is 6. The number of amides is 6. The van der Waals surface area contributed by atoms with Gasteiger partial charge in [0.15, 0.2) is 11.6 Å². The van der Waals surface area contributed by atoms with Crippen LogP contribution in [-0.2, 0) is 31.9 Å². The number of ether oxygens (including phenoxy) is 6. The van der Waals surface area contributed by atoms with Crippen LogP contribution in [-0.4, -0.2) is 186 Å². The van der Waals surface area contributed by atoms with Crippen molar-refractivity contribution in [3.8, 4) is 23.0 Å². The SMILES string of the molecule is C=CC(=O)Cc1cc(N2CCC(N(C)C)CC2)ccc1N(C(=O)OC(C)(C)C)c1cc(N(C)C(=O)N(C(=O)OC(C)(C)C)c2c(Cl)c(OC)cc(OC)c2Cl)ncn1.C=CC(=O)Cc1cc(N2CCC(N(C)C)CC2)ccc1Nc1cc(N(C)C(=O)Nc2c(Cl)c(OC)cc(OC)c2Cl)ncn1. The number of piperidine rings is 2. The summed E-state index contributed by atoms with van der Waals surface area (Å²) >= 11 is 26.3. The van der Waals surface area contributed by atoms with E-state index in [4.69, 9.17) is 74.8 Å². The van der Waals surface area contributed by atoms with E-state index < -0.39 is 35.5 Å². The molecule has 30 heteroatoms. The van der Waals surface area contributed by atoms with E-state index in [0.717, 1.165) is 80.0 Å². The summed E-state index contributed by atoms with van der Waals surface area (Å²) in [5.41, 5.74) is 2.19. The molecule has 26 nitrogen and oxygen atoms in total. The number of imide groups is 1. The molecule has 6 aromatic rings. The molecule has 0 radical (unpaired) electrons. The Hall–Kier alpha value is -9.18. The van der Waals surface area contributed by atoms with Crippen molar-refractivity contribution in [2.45, 2.75) is 103 Å². The molecule has 0 bridgehead atoms. The van der Waals surface area contributed by atoms with Gasteiger partial charge in [-0.3, -0.25) is 19.4 Å². The molecule has 4 heterocycles. The third kappa shape index (κ3) is 20.1. The smallest absolute Gasteiger partial charge is 0.423 e. The van der Waals surface area contributed by atoms with Crippen LogP contribution in [0.1, 0.15) is 78.4 Å². The highest BCUT2D eigenvalue weighted by Gasteiger charge is 2.38. The summed E-state index contributed by atoms with van der Waals surface area (Å²) in [5, 5.41) is 5.89. The van der Waals surface area contributed by atoms with Crippen LogP contribution in [0.3, 0.4) is 0 Å². The average molecular weight is 1490 g/mol. The molecule has 2 saturated heterocycles. The topological polar surface area (TPSA) is 259 Å². The van der Waals surface area contributed by atoms with E-state index in [0.29, 0.717) is 45.6 Å². The first-order chi connectivity index (χ1) is 48.2. The summed E-state index contributed by atoms with van der Waals surface area (Å²) in [6.07, 6.45) is 7.29. The van der Waals surface area contributed by atoms with Gasteiger partial charge in [0, 0.05) is 107 Å². The van der Waals surface area contributed by atoms with Crippen molar-refractivity contribution in [1.29, 1.82) is 0 Å². The second-order valence-corrected chi connectivity index (χ2v) is 27.8. The molecule has 2 fully saturated rings. The van der Waals surface area contributed by atoms with Gasteiger partial charge in [-0.25, -0.2) is 44.0 Å². The first-order valence-electron chi connectivity index (χ1n) is 32.5. The van der Waals surface area contributed by atoms with Gasteiger partial charge >= 0.3 is 24.2 Å². The highest BCUT2D eigenvalue weighted by molar-refractivity contribution is 6.43. The van der Waals surface area contributed by atoms with E-state index >= 15 is 0 Å². The van der Waals surface area contributed by atoms with Crippen molar-refractivity contribution in [2.75, 3.05) is 137 Å². The Kier molecular flexibility index (Phi) is 27.6. The van der Waals surface area contributed by atoms with Crippen LogP contribution in [0.5, 0.6) is 23.0 Å². The van der Waals surface area contributed by atoms with Gasteiger partial charge in [-0.2, -0.15) is 4.90 Å². The summed E-state index contributed by atoms with van der Waals surface area (Å²) in [4.78, 5) is 112. The Morgan fingerprint density at radius 1 is 0.549 bits per heavy atom. The van der Waals surface area contributed by atoms with E-state index in [-0.39, 0.29) is 90.5 Å². The fourth-order valence-corrected chi connectivity index (χ4v) is 12.4. The first-order valence-corrected chi connectivity index (χ1v) is 34.1. The summed E-state index contributed by atoms with van der Waals surface area (Å²) < 4.78 is 32.9. The number of anilines is 10. The Morgan fingerprint density at radius 2 is 0.980 bits per heavy atom.